The van der Waals surface area contributed by atoms with Gasteiger partial charge >= 0.3 is 0 Å². The highest BCUT2D eigenvalue weighted by Gasteiger charge is 2.24. The molecule has 1 fully saturated rings. The zero-order chi connectivity index (χ0) is 16.9. The maximum Gasteiger partial charge on any atom is 0.228 e. The normalized spacial score (nSPS) is 18.7. The maximum atomic E-state index is 12.4. The smallest absolute Gasteiger partial charge is 0.228 e. The highest BCUT2D eigenvalue weighted by molar-refractivity contribution is 7.88. The van der Waals surface area contributed by atoms with E-state index in [1.54, 1.807) is 17.0 Å². The predicted molar refractivity (Wildman–Crippen MR) is 86.6 cm³/mol. The molecule has 1 saturated heterocycles. The van der Waals surface area contributed by atoms with Crippen molar-refractivity contribution in [2.75, 3.05) is 33.0 Å². The number of carbonyl (C=O) groups excluding carboxylic acids is 1. The molecule has 1 aromatic rings. The molecule has 1 amide bonds. The highest BCUT2D eigenvalue weighted by atomic mass is 32.2. The molecule has 2 heterocycles. The van der Waals surface area contributed by atoms with Gasteiger partial charge in [-0.15, -0.1) is 0 Å². The Balaban J connectivity index is 1.91. The van der Waals surface area contributed by atoms with Crippen LogP contribution in [0.1, 0.15) is 18.5 Å². The molecule has 0 aliphatic carbocycles. The Morgan fingerprint density at radius 1 is 1.48 bits per heavy atom. The number of sulfonamides is 1. The molecule has 8 heteroatoms. The molecule has 1 aliphatic rings. The third-order valence-corrected chi connectivity index (χ3v) is 4.52. The van der Waals surface area contributed by atoms with Crippen LogP contribution in [-0.4, -0.2) is 57.2 Å². The Hall–Kier alpha value is -1.67. The molecule has 1 N–H and O–H groups in total. The molecule has 0 spiro atoms. The molecular formula is C15H23N3O4S. The van der Waals surface area contributed by atoms with Crippen LogP contribution in [0.5, 0.6) is 5.88 Å². The number of hydrogen-bond donors (Lipinski definition) is 1. The lowest BCUT2D eigenvalue weighted by molar-refractivity contribution is -0.132. The van der Waals surface area contributed by atoms with Crippen LogP contribution in [0.15, 0.2) is 18.2 Å². The second-order valence-corrected chi connectivity index (χ2v) is 7.65. The van der Waals surface area contributed by atoms with Crippen molar-refractivity contribution in [2.45, 2.75) is 19.3 Å². The monoisotopic (exact) mass is 341 g/mol. The molecule has 1 atom stereocenters. The lowest BCUT2D eigenvalue weighted by Gasteiger charge is -2.32. The van der Waals surface area contributed by atoms with Crippen molar-refractivity contribution in [2.24, 2.45) is 5.92 Å². The Morgan fingerprint density at radius 2 is 2.26 bits per heavy atom. The van der Waals surface area contributed by atoms with Gasteiger partial charge in [0.25, 0.3) is 0 Å². The lowest BCUT2D eigenvalue weighted by atomic mass is 9.98. The Bertz CT molecular complexity index is 648. The summed E-state index contributed by atoms with van der Waals surface area (Å²) in [6.45, 7) is 1.66. The van der Waals surface area contributed by atoms with Crippen molar-refractivity contribution in [3.05, 3.63) is 23.9 Å². The first-order chi connectivity index (χ1) is 10.9. The lowest BCUT2D eigenvalue weighted by Crippen LogP contribution is -2.44. The third-order valence-electron chi connectivity index (χ3n) is 3.83. The molecule has 0 aromatic carbocycles. The zero-order valence-corrected chi connectivity index (χ0v) is 14.3. The summed E-state index contributed by atoms with van der Waals surface area (Å²) >= 11 is 0. The van der Waals surface area contributed by atoms with E-state index in [2.05, 4.69) is 9.71 Å². The molecule has 128 valence electrons. The molecule has 0 saturated carbocycles. The fraction of sp³-hybridized carbons (Fsp3) is 0.600. The average molecular weight is 341 g/mol. The minimum absolute atomic E-state index is 0.00908. The van der Waals surface area contributed by atoms with Crippen LogP contribution >= 0.6 is 0 Å². The molecule has 0 bridgehead atoms. The summed E-state index contributed by atoms with van der Waals surface area (Å²) in [5.74, 6) is 0.652. The van der Waals surface area contributed by atoms with Crippen LogP contribution in [0.25, 0.3) is 0 Å². The molecule has 2 rings (SSSR count). The van der Waals surface area contributed by atoms with Gasteiger partial charge in [0.2, 0.25) is 21.8 Å². The first-order valence-electron chi connectivity index (χ1n) is 7.59. The number of likely N-dealkylation sites (tertiary alicyclic amines) is 1. The van der Waals surface area contributed by atoms with Gasteiger partial charge in [-0.05, 0) is 24.8 Å². The zero-order valence-electron chi connectivity index (χ0n) is 13.5. The topological polar surface area (TPSA) is 88.6 Å². The van der Waals surface area contributed by atoms with Crippen molar-refractivity contribution in [1.29, 1.82) is 0 Å². The summed E-state index contributed by atoms with van der Waals surface area (Å²) in [6.07, 6.45) is 3.17. The van der Waals surface area contributed by atoms with Gasteiger partial charge in [0.15, 0.2) is 0 Å². The summed E-state index contributed by atoms with van der Waals surface area (Å²) in [7, 11) is -1.66. The van der Waals surface area contributed by atoms with Crippen LogP contribution in [0, 0.1) is 5.92 Å². The van der Waals surface area contributed by atoms with Crippen LogP contribution < -0.4 is 9.46 Å². The van der Waals surface area contributed by atoms with Crippen molar-refractivity contribution in [1.82, 2.24) is 14.6 Å². The molecular weight excluding hydrogens is 318 g/mol. The molecule has 1 aliphatic heterocycles. The number of piperidine rings is 1. The average Bonchev–Trinajstić information content (AvgIpc) is 2.53. The van der Waals surface area contributed by atoms with E-state index in [1.807, 2.05) is 6.07 Å². The quantitative estimate of drug-likeness (QED) is 0.810. The minimum Gasteiger partial charge on any atom is -0.481 e. The largest absolute Gasteiger partial charge is 0.481 e. The fourth-order valence-electron chi connectivity index (χ4n) is 2.66. The standard InChI is InChI=1S/C15H23N3O4S/c1-22-14-7-3-6-13(17-14)9-15(19)18-8-4-5-12(11-18)10-16-23(2,20)21/h3,6-7,12,16H,4-5,8-11H2,1-2H3/t12-/m1/s1. The number of aromatic nitrogens is 1. The minimum atomic E-state index is -3.19. The number of carbonyl (C=O) groups is 1. The number of methoxy groups -OCH3 is 1. The summed E-state index contributed by atoms with van der Waals surface area (Å²) in [4.78, 5) is 18.5. The number of rotatable bonds is 6. The van der Waals surface area contributed by atoms with Gasteiger partial charge in [-0.25, -0.2) is 18.1 Å². The summed E-state index contributed by atoms with van der Waals surface area (Å²) in [5.41, 5.74) is 0.672. The number of hydrogen-bond acceptors (Lipinski definition) is 5. The van der Waals surface area contributed by atoms with E-state index < -0.39 is 10.0 Å². The molecule has 1 aromatic heterocycles. The van der Waals surface area contributed by atoms with Gasteiger partial charge in [0.1, 0.15) is 0 Å². The number of pyridine rings is 1. The molecule has 0 radical (unpaired) electrons. The number of amides is 1. The molecule has 23 heavy (non-hydrogen) atoms. The summed E-state index contributed by atoms with van der Waals surface area (Å²) in [6, 6.07) is 5.35. The van der Waals surface area contributed by atoms with Crippen molar-refractivity contribution >= 4 is 15.9 Å². The maximum absolute atomic E-state index is 12.4. The van der Waals surface area contributed by atoms with Gasteiger partial charge < -0.3 is 9.64 Å². The van der Waals surface area contributed by atoms with Gasteiger partial charge in [-0.1, -0.05) is 6.07 Å². The Labute approximate surface area is 137 Å². The Morgan fingerprint density at radius 3 is 2.96 bits per heavy atom. The van der Waals surface area contributed by atoms with Gasteiger partial charge in [0.05, 0.1) is 25.5 Å². The SMILES string of the molecule is COc1cccc(CC(=O)N2CCC[C@H](CNS(C)(=O)=O)C2)n1. The third kappa shape index (κ3) is 5.80. The van der Waals surface area contributed by atoms with E-state index in [0.717, 1.165) is 19.1 Å². The van der Waals surface area contributed by atoms with Crippen LogP contribution in [0.2, 0.25) is 0 Å². The van der Waals surface area contributed by atoms with E-state index in [9.17, 15) is 13.2 Å². The van der Waals surface area contributed by atoms with Gasteiger partial charge in [-0.2, -0.15) is 0 Å². The van der Waals surface area contributed by atoms with Gasteiger partial charge in [-0.3, -0.25) is 4.79 Å². The van der Waals surface area contributed by atoms with E-state index >= 15 is 0 Å². The number of nitrogens with zero attached hydrogens (tertiary/aromatic N) is 2. The van der Waals surface area contributed by atoms with Crippen LogP contribution in [0.3, 0.4) is 0 Å². The second kappa shape index (κ2) is 7.74. The molecule has 0 unspecified atom stereocenters. The van der Waals surface area contributed by atoms with Crippen LogP contribution in [0.4, 0.5) is 0 Å². The Kier molecular flexibility index (Phi) is 5.95. The van der Waals surface area contributed by atoms with E-state index in [4.69, 9.17) is 4.74 Å². The molecule has 7 nitrogen and oxygen atoms in total. The highest BCUT2D eigenvalue weighted by Crippen LogP contribution is 2.17. The fourth-order valence-corrected chi connectivity index (χ4v) is 3.20. The predicted octanol–water partition coefficient (Wildman–Crippen LogP) is 0.421. The number of nitrogens with one attached hydrogen (secondary N) is 1. The number of ether oxygens (including phenoxy) is 1. The summed E-state index contributed by atoms with van der Waals surface area (Å²) in [5, 5.41) is 0. The second-order valence-electron chi connectivity index (χ2n) is 5.82. The van der Waals surface area contributed by atoms with Gasteiger partial charge in [0, 0.05) is 25.7 Å². The van der Waals surface area contributed by atoms with E-state index in [1.165, 1.54) is 7.11 Å². The van der Waals surface area contributed by atoms with Crippen molar-refractivity contribution in [3.8, 4) is 5.88 Å². The first-order valence-corrected chi connectivity index (χ1v) is 9.49. The van der Waals surface area contributed by atoms with E-state index in [-0.39, 0.29) is 18.2 Å². The van der Waals surface area contributed by atoms with Crippen molar-refractivity contribution < 1.29 is 17.9 Å². The first kappa shape index (κ1) is 17.7. The van der Waals surface area contributed by atoms with Crippen LogP contribution in [-0.2, 0) is 21.2 Å². The summed E-state index contributed by atoms with van der Waals surface area (Å²) < 4.78 is 29.9. The van der Waals surface area contributed by atoms with E-state index in [0.29, 0.717) is 31.2 Å². The van der Waals surface area contributed by atoms with Crippen molar-refractivity contribution in [3.63, 3.8) is 0 Å².